The highest BCUT2D eigenvalue weighted by molar-refractivity contribution is 9.10. The molecule has 0 fully saturated rings. The lowest BCUT2D eigenvalue weighted by Gasteiger charge is -2.28. The highest BCUT2D eigenvalue weighted by Crippen LogP contribution is 2.20. The number of rotatable bonds is 5. The third-order valence-electron chi connectivity index (χ3n) is 2.82. The van der Waals surface area contributed by atoms with Gasteiger partial charge < -0.3 is 10.2 Å². The number of halogens is 1. The summed E-state index contributed by atoms with van der Waals surface area (Å²) in [4.78, 5) is 15.2. The van der Waals surface area contributed by atoms with Crippen molar-refractivity contribution in [3.8, 4) is 0 Å². The van der Waals surface area contributed by atoms with Crippen LogP contribution in [0.15, 0.2) is 15.9 Å². The molecule has 0 bridgehead atoms. The number of thiophene rings is 1. The SMILES string of the molecule is CNC(C)(C)C(=O)N(C)CCc1cc(Br)cs1. The Hall–Kier alpha value is -0.390. The quantitative estimate of drug-likeness (QED) is 0.904. The first-order chi connectivity index (χ1) is 7.86. The van der Waals surface area contributed by atoms with E-state index in [0.29, 0.717) is 0 Å². The Morgan fingerprint density at radius 2 is 2.24 bits per heavy atom. The summed E-state index contributed by atoms with van der Waals surface area (Å²) in [6.45, 7) is 4.54. The number of nitrogens with zero attached hydrogens (tertiary/aromatic N) is 1. The highest BCUT2D eigenvalue weighted by atomic mass is 79.9. The standard InChI is InChI=1S/C12H19BrN2OS/c1-12(2,14-3)11(16)15(4)6-5-10-7-9(13)8-17-10/h7-8,14H,5-6H2,1-4H3. The van der Waals surface area contributed by atoms with Gasteiger partial charge in [-0.1, -0.05) is 0 Å². The first-order valence-corrected chi connectivity index (χ1v) is 7.21. The van der Waals surface area contributed by atoms with Gasteiger partial charge in [-0.05, 0) is 49.3 Å². The summed E-state index contributed by atoms with van der Waals surface area (Å²) in [7, 11) is 3.66. The van der Waals surface area contributed by atoms with Gasteiger partial charge in [0, 0.05) is 28.3 Å². The lowest BCUT2D eigenvalue weighted by Crippen LogP contribution is -2.51. The molecule has 1 amide bonds. The van der Waals surface area contributed by atoms with Gasteiger partial charge in [-0.3, -0.25) is 4.79 Å². The Labute approximate surface area is 115 Å². The van der Waals surface area contributed by atoms with Crippen LogP contribution in [0, 0.1) is 0 Å². The van der Waals surface area contributed by atoms with Gasteiger partial charge in [-0.15, -0.1) is 11.3 Å². The molecule has 0 aromatic carbocycles. The number of carbonyl (C=O) groups excluding carboxylic acids is 1. The van der Waals surface area contributed by atoms with Crippen molar-refractivity contribution >= 4 is 33.2 Å². The number of hydrogen-bond acceptors (Lipinski definition) is 3. The Balaban J connectivity index is 2.50. The molecule has 3 nitrogen and oxygen atoms in total. The Morgan fingerprint density at radius 1 is 1.59 bits per heavy atom. The van der Waals surface area contributed by atoms with Gasteiger partial charge in [0.25, 0.3) is 0 Å². The second-order valence-corrected chi connectivity index (χ2v) is 6.49. The van der Waals surface area contributed by atoms with Crippen LogP contribution < -0.4 is 5.32 Å². The van der Waals surface area contributed by atoms with Gasteiger partial charge in [0.15, 0.2) is 0 Å². The average molecular weight is 319 g/mol. The summed E-state index contributed by atoms with van der Waals surface area (Å²) in [5.41, 5.74) is -0.495. The van der Waals surface area contributed by atoms with Crippen molar-refractivity contribution in [2.45, 2.75) is 25.8 Å². The van der Waals surface area contributed by atoms with Crippen molar-refractivity contribution in [1.29, 1.82) is 0 Å². The molecule has 0 saturated heterocycles. The number of hydrogen-bond donors (Lipinski definition) is 1. The lowest BCUT2D eigenvalue weighted by molar-refractivity contribution is -0.135. The van der Waals surface area contributed by atoms with Crippen molar-refractivity contribution in [2.24, 2.45) is 0 Å². The van der Waals surface area contributed by atoms with E-state index >= 15 is 0 Å². The van der Waals surface area contributed by atoms with Gasteiger partial charge in [-0.2, -0.15) is 0 Å². The molecular formula is C12H19BrN2OS. The third kappa shape index (κ3) is 4.08. The normalized spacial score (nSPS) is 11.6. The third-order valence-corrected chi connectivity index (χ3v) is 4.58. The fraction of sp³-hybridized carbons (Fsp3) is 0.583. The molecule has 0 saturated carbocycles. The Bertz CT molecular complexity index is 390. The molecule has 0 aliphatic carbocycles. The number of amides is 1. The van der Waals surface area contributed by atoms with Crippen LogP contribution in [0.25, 0.3) is 0 Å². The minimum Gasteiger partial charge on any atom is -0.344 e. The van der Waals surface area contributed by atoms with Gasteiger partial charge in [-0.25, -0.2) is 0 Å². The maximum absolute atomic E-state index is 12.1. The van der Waals surface area contributed by atoms with Crippen LogP contribution in [0.2, 0.25) is 0 Å². The minimum atomic E-state index is -0.495. The Morgan fingerprint density at radius 3 is 2.71 bits per heavy atom. The summed E-state index contributed by atoms with van der Waals surface area (Å²) in [6.07, 6.45) is 0.901. The minimum absolute atomic E-state index is 0.121. The molecule has 0 atom stereocenters. The maximum Gasteiger partial charge on any atom is 0.242 e. The molecule has 1 N–H and O–H groups in total. The van der Waals surface area contributed by atoms with Crippen LogP contribution in [0.5, 0.6) is 0 Å². The van der Waals surface area contributed by atoms with E-state index in [1.54, 1.807) is 16.2 Å². The predicted octanol–water partition coefficient (Wildman–Crippen LogP) is 2.51. The van der Waals surface area contributed by atoms with E-state index < -0.39 is 5.54 Å². The van der Waals surface area contributed by atoms with E-state index in [1.165, 1.54) is 4.88 Å². The summed E-state index contributed by atoms with van der Waals surface area (Å²) in [6, 6.07) is 2.10. The zero-order valence-electron chi connectivity index (χ0n) is 10.7. The first kappa shape index (κ1) is 14.7. The molecule has 0 aliphatic heterocycles. The van der Waals surface area contributed by atoms with E-state index in [1.807, 2.05) is 27.9 Å². The number of carbonyl (C=O) groups is 1. The van der Waals surface area contributed by atoms with E-state index in [2.05, 4.69) is 32.7 Å². The van der Waals surface area contributed by atoms with Crippen LogP contribution >= 0.6 is 27.3 Å². The molecule has 1 rings (SSSR count). The summed E-state index contributed by atoms with van der Waals surface area (Å²) in [5.74, 6) is 0.121. The smallest absolute Gasteiger partial charge is 0.242 e. The monoisotopic (exact) mass is 318 g/mol. The topological polar surface area (TPSA) is 32.3 Å². The first-order valence-electron chi connectivity index (χ1n) is 5.54. The largest absolute Gasteiger partial charge is 0.344 e. The molecule has 1 heterocycles. The summed E-state index contributed by atoms with van der Waals surface area (Å²) >= 11 is 5.15. The molecule has 0 unspecified atom stereocenters. The molecule has 1 aromatic heterocycles. The van der Waals surface area contributed by atoms with Crippen molar-refractivity contribution < 1.29 is 4.79 Å². The van der Waals surface area contributed by atoms with E-state index in [4.69, 9.17) is 0 Å². The van der Waals surface area contributed by atoms with Crippen LogP contribution in [-0.2, 0) is 11.2 Å². The molecular weight excluding hydrogens is 300 g/mol. The van der Waals surface area contributed by atoms with E-state index in [9.17, 15) is 4.79 Å². The fourth-order valence-electron chi connectivity index (χ4n) is 1.45. The van der Waals surface area contributed by atoms with Crippen molar-refractivity contribution in [2.75, 3.05) is 20.6 Å². The molecule has 0 spiro atoms. The van der Waals surface area contributed by atoms with Crippen molar-refractivity contribution in [3.05, 3.63) is 20.8 Å². The van der Waals surface area contributed by atoms with Gasteiger partial charge >= 0.3 is 0 Å². The van der Waals surface area contributed by atoms with E-state index in [0.717, 1.165) is 17.4 Å². The second kappa shape index (κ2) is 5.98. The van der Waals surface area contributed by atoms with E-state index in [-0.39, 0.29) is 5.91 Å². The van der Waals surface area contributed by atoms with Crippen LogP contribution in [0.3, 0.4) is 0 Å². The maximum atomic E-state index is 12.1. The van der Waals surface area contributed by atoms with Gasteiger partial charge in [0.05, 0.1) is 5.54 Å². The summed E-state index contributed by atoms with van der Waals surface area (Å²) < 4.78 is 1.11. The highest BCUT2D eigenvalue weighted by Gasteiger charge is 2.28. The van der Waals surface area contributed by atoms with Crippen molar-refractivity contribution in [3.63, 3.8) is 0 Å². The molecule has 17 heavy (non-hydrogen) atoms. The number of likely N-dealkylation sites (N-methyl/N-ethyl adjacent to an activating group) is 2. The zero-order chi connectivity index (χ0) is 13.1. The second-order valence-electron chi connectivity index (χ2n) is 4.58. The fourth-order valence-corrected chi connectivity index (χ4v) is 2.89. The van der Waals surface area contributed by atoms with Gasteiger partial charge in [0.1, 0.15) is 0 Å². The Kier molecular flexibility index (Phi) is 5.16. The molecule has 0 radical (unpaired) electrons. The van der Waals surface area contributed by atoms with Crippen LogP contribution in [-0.4, -0.2) is 37.0 Å². The van der Waals surface area contributed by atoms with Gasteiger partial charge in [0.2, 0.25) is 5.91 Å². The molecule has 1 aromatic rings. The lowest BCUT2D eigenvalue weighted by atomic mass is 10.0. The summed E-state index contributed by atoms with van der Waals surface area (Å²) in [5, 5.41) is 5.09. The average Bonchev–Trinajstić information content (AvgIpc) is 2.71. The number of nitrogens with one attached hydrogen (secondary N) is 1. The molecule has 0 aliphatic rings. The van der Waals surface area contributed by atoms with Crippen molar-refractivity contribution in [1.82, 2.24) is 10.2 Å². The predicted molar refractivity (Wildman–Crippen MR) is 76.5 cm³/mol. The van der Waals surface area contributed by atoms with Crippen LogP contribution in [0.4, 0.5) is 0 Å². The molecule has 5 heteroatoms. The van der Waals surface area contributed by atoms with Crippen LogP contribution in [0.1, 0.15) is 18.7 Å². The molecule has 96 valence electrons. The zero-order valence-corrected chi connectivity index (χ0v) is 13.1.